The zero-order chi connectivity index (χ0) is 28.5. The third-order valence-electron chi connectivity index (χ3n) is 9.89. The van der Waals surface area contributed by atoms with Crippen molar-refractivity contribution in [2.24, 2.45) is 0 Å². The van der Waals surface area contributed by atoms with Crippen LogP contribution in [0.3, 0.4) is 0 Å². The summed E-state index contributed by atoms with van der Waals surface area (Å²) >= 11 is 1.90. The minimum atomic E-state index is 1.25. The van der Waals surface area contributed by atoms with Gasteiger partial charge in [-0.1, -0.05) is 115 Å². The van der Waals surface area contributed by atoms with Crippen LogP contribution >= 0.6 is 11.3 Å². The van der Waals surface area contributed by atoms with Crippen LogP contribution < -0.4 is 0 Å². The highest BCUT2D eigenvalue weighted by Gasteiger charge is 2.24. The number of nitrogens with zero attached hydrogens (tertiary/aromatic N) is 1. The van der Waals surface area contributed by atoms with Crippen molar-refractivity contribution in [1.29, 1.82) is 0 Å². The molecular weight excluding hydrogens is 551 g/mol. The number of para-hydroxylation sites is 1. The lowest BCUT2D eigenvalue weighted by molar-refractivity contribution is 1.37. The molecular formula is C42H23NS. The number of benzene rings is 8. The van der Waals surface area contributed by atoms with Gasteiger partial charge in [0.1, 0.15) is 0 Å². The Labute approximate surface area is 256 Å². The zero-order valence-corrected chi connectivity index (χ0v) is 24.5. The molecule has 8 aromatic carbocycles. The van der Waals surface area contributed by atoms with Crippen molar-refractivity contribution in [1.82, 2.24) is 4.40 Å². The average molecular weight is 574 g/mol. The van der Waals surface area contributed by atoms with Crippen molar-refractivity contribution in [2.45, 2.75) is 0 Å². The van der Waals surface area contributed by atoms with Crippen molar-refractivity contribution in [2.75, 3.05) is 0 Å². The summed E-state index contributed by atoms with van der Waals surface area (Å²) in [5.41, 5.74) is 9.02. The zero-order valence-electron chi connectivity index (χ0n) is 23.6. The van der Waals surface area contributed by atoms with Crippen LogP contribution in [0.5, 0.6) is 0 Å². The standard InChI is InChI=1S/C42H23NS/c1-2-14-31-28(11-1)32-19-20-33-29-12-3-5-17-35(29)43-36-22-21-26(38(31)40(36)39(32)41(33)43)24-9-7-10-25(23-24)27-15-8-16-34-30-13-4-6-18-37(30)44-42(27)34/h1-23H. The minimum absolute atomic E-state index is 1.25. The molecule has 0 spiro atoms. The molecule has 0 saturated carbocycles. The highest BCUT2D eigenvalue weighted by molar-refractivity contribution is 7.26. The number of aromatic nitrogens is 1. The SMILES string of the molecule is c1cc(-c2cccc3c2sc2ccccc23)cc(-c2ccc3c4c2c2ccccc2c2ccc5c6ccccc6n3c5c24)c1. The maximum absolute atomic E-state index is 2.51. The van der Waals surface area contributed by atoms with Crippen LogP contribution in [0.25, 0.3) is 102 Å². The number of rotatable bonds is 2. The topological polar surface area (TPSA) is 4.41 Å². The van der Waals surface area contributed by atoms with Gasteiger partial charge in [-0.25, -0.2) is 0 Å². The van der Waals surface area contributed by atoms with E-state index in [2.05, 4.69) is 144 Å². The molecule has 0 aliphatic heterocycles. The van der Waals surface area contributed by atoms with Crippen molar-refractivity contribution in [3.8, 4) is 22.3 Å². The van der Waals surface area contributed by atoms with E-state index in [9.17, 15) is 0 Å². The van der Waals surface area contributed by atoms with E-state index in [1.54, 1.807) is 0 Å². The Morgan fingerprint density at radius 3 is 1.98 bits per heavy atom. The molecule has 0 saturated heterocycles. The number of thiophene rings is 1. The molecule has 11 aromatic rings. The molecule has 2 heteroatoms. The smallest absolute Gasteiger partial charge is 0.0626 e. The van der Waals surface area contributed by atoms with Gasteiger partial charge in [0.05, 0.1) is 16.6 Å². The van der Waals surface area contributed by atoms with E-state index >= 15 is 0 Å². The molecule has 0 radical (unpaired) electrons. The third kappa shape index (κ3) is 2.75. The molecule has 11 rings (SSSR count). The van der Waals surface area contributed by atoms with Gasteiger partial charge in [-0.15, -0.1) is 11.3 Å². The Kier molecular flexibility index (Phi) is 4.26. The predicted octanol–water partition coefficient (Wildman–Crippen LogP) is 12.3. The summed E-state index contributed by atoms with van der Waals surface area (Å²) in [7, 11) is 0. The second-order valence-electron chi connectivity index (χ2n) is 12.0. The van der Waals surface area contributed by atoms with Gasteiger partial charge in [0.25, 0.3) is 0 Å². The second kappa shape index (κ2) is 8.13. The van der Waals surface area contributed by atoms with Crippen LogP contribution in [0.4, 0.5) is 0 Å². The average Bonchev–Trinajstić information content (AvgIpc) is 3.75. The van der Waals surface area contributed by atoms with Gasteiger partial charge in [0.2, 0.25) is 0 Å². The Hall–Kier alpha value is -5.44. The number of hydrogen-bond donors (Lipinski definition) is 0. The first-order chi connectivity index (χ1) is 21.8. The molecule has 44 heavy (non-hydrogen) atoms. The molecule has 0 aliphatic carbocycles. The Balaban J connectivity index is 1.26. The quantitative estimate of drug-likeness (QED) is 0.181. The second-order valence-corrected chi connectivity index (χ2v) is 13.1. The summed E-state index contributed by atoms with van der Waals surface area (Å²) in [6, 6.07) is 52.0. The van der Waals surface area contributed by atoms with Crippen LogP contribution in [0, 0.1) is 0 Å². The summed E-state index contributed by atoms with van der Waals surface area (Å²) in [4.78, 5) is 0. The van der Waals surface area contributed by atoms with Gasteiger partial charge in [0.15, 0.2) is 0 Å². The van der Waals surface area contributed by atoms with Crippen LogP contribution in [0.15, 0.2) is 140 Å². The van der Waals surface area contributed by atoms with Crippen LogP contribution in [0.1, 0.15) is 0 Å². The summed E-state index contributed by atoms with van der Waals surface area (Å²) in [6.07, 6.45) is 0. The molecule has 0 aliphatic rings. The molecule has 0 fully saturated rings. The molecule has 0 atom stereocenters. The molecule has 0 unspecified atom stereocenters. The Morgan fingerprint density at radius 2 is 1.07 bits per heavy atom. The lowest BCUT2D eigenvalue weighted by atomic mass is 9.88. The molecule has 0 bridgehead atoms. The predicted molar refractivity (Wildman–Crippen MR) is 191 cm³/mol. The van der Waals surface area contributed by atoms with E-state index < -0.39 is 0 Å². The largest absolute Gasteiger partial charge is 0.308 e. The Bertz CT molecular complexity index is 2940. The van der Waals surface area contributed by atoms with Crippen molar-refractivity contribution >= 4 is 91.1 Å². The lowest BCUT2D eigenvalue weighted by Crippen LogP contribution is -1.88. The normalized spacial score (nSPS) is 12.5. The first-order valence-corrected chi connectivity index (χ1v) is 16.0. The minimum Gasteiger partial charge on any atom is -0.308 e. The van der Waals surface area contributed by atoms with Crippen molar-refractivity contribution < 1.29 is 0 Å². The maximum Gasteiger partial charge on any atom is 0.0626 e. The van der Waals surface area contributed by atoms with E-state index in [1.807, 2.05) is 11.3 Å². The molecule has 3 heterocycles. The summed E-state index contributed by atoms with van der Waals surface area (Å²) in [5.74, 6) is 0. The summed E-state index contributed by atoms with van der Waals surface area (Å²) in [6.45, 7) is 0. The highest BCUT2D eigenvalue weighted by Crippen LogP contribution is 2.49. The van der Waals surface area contributed by atoms with E-state index in [0.717, 1.165) is 0 Å². The number of fused-ring (bicyclic) bond motifs is 10. The van der Waals surface area contributed by atoms with Gasteiger partial charge in [-0.05, 0) is 62.7 Å². The number of hydrogen-bond acceptors (Lipinski definition) is 1. The van der Waals surface area contributed by atoms with E-state index in [1.165, 1.54) is 102 Å². The summed E-state index contributed by atoms with van der Waals surface area (Å²) < 4.78 is 5.21. The van der Waals surface area contributed by atoms with Gasteiger partial charge in [-0.3, -0.25) is 0 Å². The third-order valence-corrected chi connectivity index (χ3v) is 11.1. The summed E-state index contributed by atoms with van der Waals surface area (Å²) in [5, 5.41) is 13.4. The van der Waals surface area contributed by atoms with E-state index in [0.29, 0.717) is 0 Å². The van der Waals surface area contributed by atoms with E-state index in [4.69, 9.17) is 0 Å². The molecule has 1 nitrogen and oxygen atoms in total. The van der Waals surface area contributed by atoms with Gasteiger partial charge in [0, 0.05) is 47.1 Å². The molecule has 202 valence electrons. The van der Waals surface area contributed by atoms with Gasteiger partial charge < -0.3 is 4.40 Å². The molecule has 0 amide bonds. The van der Waals surface area contributed by atoms with Gasteiger partial charge in [-0.2, -0.15) is 0 Å². The van der Waals surface area contributed by atoms with Crippen molar-refractivity contribution in [3.63, 3.8) is 0 Å². The Morgan fingerprint density at radius 1 is 0.386 bits per heavy atom. The first-order valence-electron chi connectivity index (χ1n) is 15.2. The fourth-order valence-corrected chi connectivity index (χ4v) is 9.34. The fraction of sp³-hybridized carbons (Fsp3) is 0. The van der Waals surface area contributed by atoms with Gasteiger partial charge >= 0.3 is 0 Å². The van der Waals surface area contributed by atoms with Crippen LogP contribution in [-0.2, 0) is 0 Å². The maximum atomic E-state index is 2.51. The monoisotopic (exact) mass is 573 g/mol. The van der Waals surface area contributed by atoms with E-state index in [-0.39, 0.29) is 0 Å². The lowest BCUT2D eigenvalue weighted by Gasteiger charge is -2.14. The molecule has 0 N–H and O–H groups in total. The first kappa shape index (κ1) is 23.1. The molecule has 3 aromatic heterocycles. The van der Waals surface area contributed by atoms with Crippen LogP contribution in [0.2, 0.25) is 0 Å². The highest BCUT2D eigenvalue weighted by atomic mass is 32.1. The van der Waals surface area contributed by atoms with Crippen LogP contribution in [-0.4, -0.2) is 4.40 Å². The van der Waals surface area contributed by atoms with Crippen molar-refractivity contribution in [3.05, 3.63) is 140 Å². The fourth-order valence-electron chi connectivity index (χ4n) is 8.10.